The predicted molar refractivity (Wildman–Crippen MR) is 218 cm³/mol. The number of para-hydroxylation sites is 1. The fourth-order valence-electron chi connectivity index (χ4n) is 8.44. The molecule has 0 radical (unpaired) electrons. The molecule has 3 aliphatic carbocycles. The van der Waals surface area contributed by atoms with Gasteiger partial charge in [0, 0.05) is 23.8 Å². The molecule has 49 heavy (non-hydrogen) atoms. The lowest BCUT2D eigenvalue weighted by Crippen LogP contribution is -2.44. The first-order valence-electron chi connectivity index (χ1n) is 17.5. The molecule has 0 bridgehead atoms. The molecule has 0 spiro atoms. The quantitative estimate of drug-likeness (QED) is 0.304. The molecule has 3 aliphatic rings. The second-order valence-electron chi connectivity index (χ2n) is 13.5. The van der Waals surface area contributed by atoms with Crippen LogP contribution in [-0.2, 0) is 6.42 Å². The van der Waals surface area contributed by atoms with Gasteiger partial charge in [-0.05, 0) is 69.1 Å². The number of aryl methyl sites for hydroxylation is 1. The second kappa shape index (κ2) is 12.4. The average molecular weight is 630 g/mol. The first kappa shape index (κ1) is 31.1. The van der Waals surface area contributed by atoms with E-state index in [1.165, 1.54) is 44.4 Å². The number of benzene rings is 4. The molecular weight excluding hydrogens is 592 g/mol. The number of aromatic nitrogens is 2. The summed E-state index contributed by atoms with van der Waals surface area (Å²) in [5.41, 5.74) is 17.6. The first-order chi connectivity index (χ1) is 23.9. The summed E-state index contributed by atoms with van der Waals surface area (Å²) in [5.74, 6) is 1.67. The van der Waals surface area contributed by atoms with Crippen LogP contribution in [0.2, 0.25) is 0 Å². The summed E-state index contributed by atoms with van der Waals surface area (Å²) in [6.45, 7) is 2.19. The van der Waals surface area contributed by atoms with E-state index in [0.29, 0.717) is 5.75 Å². The average Bonchev–Trinajstić information content (AvgIpc) is 3.33. The predicted octanol–water partition coefficient (Wildman–Crippen LogP) is 2.96. The molecule has 0 fully saturated rings. The van der Waals surface area contributed by atoms with E-state index < -0.39 is 0 Å². The number of phenolic OH excluding ortho intramolecular Hbond substituents is 1. The van der Waals surface area contributed by atoms with Crippen molar-refractivity contribution in [2.45, 2.75) is 25.7 Å². The lowest BCUT2D eigenvalue weighted by atomic mass is 9.62. The van der Waals surface area contributed by atoms with E-state index in [-0.39, 0.29) is 11.8 Å². The molecule has 234 valence electrons. The van der Waals surface area contributed by atoms with E-state index in [2.05, 4.69) is 156 Å². The highest BCUT2D eigenvalue weighted by atomic mass is 16.3. The van der Waals surface area contributed by atoms with Gasteiger partial charge >= 0.3 is 0 Å². The molecule has 1 N–H and O–H groups in total. The lowest BCUT2D eigenvalue weighted by molar-refractivity contribution is 0.484. The van der Waals surface area contributed by atoms with E-state index in [1.54, 1.807) is 0 Å². The minimum absolute atomic E-state index is 0.0888. The van der Waals surface area contributed by atoms with Crippen LogP contribution in [-0.4, -0.2) is 46.0 Å². The van der Waals surface area contributed by atoms with Crippen molar-refractivity contribution in [3.05, 3.63) is 154 Å². The number of aromatic hydroxyl groups is 1. The second-order valence-corrected chi connectivity index (χ2v) is 13.5. The maximum atomic E-state index is 11.3. The van der Waals surface area contributed by atoms with Crippen LogP contribution in [0.3, 0.4) is 0 Å². The third-order valence-electron chi connectivity index (χ3n) is 11.0. The van der Waals surface area contributed by atoms with Crippen molar-refractivity contribution in [2.75, 3.05) is 0 Å². The van der Waals surface area contributed by atoms with Gasteiger partial charge in [0.05, 0.1) is 17.1 Å². The zero-order chi connectivity index (χ0) is 33.8. The van der Waals surface area contributed by atoms with Gasteiger partial charge in [-0.1, -0.05) is 126 Å². The summed E-state index contributed by atoms with van der Waals surface area (Å²) >= 11 is 0. The van der Waals surface area contributed by atoms with Crippen molar-refractivity contribution in [2.24, 2.45) is 5.92 Å². The number of nitrogens with zero attached hydrogens (tertiary/aromatic N) is 2. The Labute approximate surface area is 293 Å². The molecular formula is C42H38B4N2O. The Morgan fingerprint density at radius 1 is 0.735 bits per heavy atom. The normalized spacial score (nSPS) is 17.5. The molecule has 3 nitrogen and oxygen atoms in total. The zero-order valence-electron chi connectivity index (χ0n) is 29.0. The van der Waals surface area contributed by atoms with E-state index in [0.717, 1.165) is 57.7 Å². The number of rotatable bonds is 5. The van der Waals surface area contributed by atoms with Crippen molar-refractivity contribution >= 4 is 71.0 Å². The van der Waals surface area contributed by atoms with Gasteiger partial charge in [-0.15, -0.1) is 0 Å². The third-order valence-corrected chi connectivity index (χ3v) is 11.0. The van der Waals surface area contributed by atoms with Gasteiger partial charge in [-0.2, -0.15) is 0 Å². The van der Waals surface area contributed by atoms with E-state index in [9.17, 15) is 5.11 Å². The lowest BCUT2D eigenvalue weighted by Gasteiger charge is -2.38. The van der Waals surface area contributed by atoms with Crippen LogP contribution in [0.25, 0.3) is 34.5 Å². The molecule has 0 saturated heterocycles. The zero-order valence-corrected chi connectivity index (χ0v) is 29.0. The first-order valence-corrected chi connectivity index (χ1v) is 17.5. The summed E-state index contributed by atoms with van der Waals surface area (Å²) in [6, 6.07) is 26.7. The monoisotopic (exact) mass is 630 g/mol. The van der Waals surface area contributed by atoms with Gasteiger partial charge in [-0.3, -0.25) is 4.57 Å². The summed E-state index contributed by atoms with van der Waals surface area (Å²) in [5, 5.41) is 11.3. The molecule has 0 amide bonds. The summed E-state index contributed by atoms with van der Waals surface area (Å²) in [4.78, 5) is 5.11. The minimum atomic E-state index is 0.0888. The highest BCUT2D eigenvalue weighted by Gasteiger charge is 2.37. The molecule has 0 saturated carbocycles. The van der Waals surface area contributed by atoms with Crippen molar-refractivity contribution in [3.8, 4) is 22.6 Å². The Kier molecular flexibility index (Phi) is 7.87. The Bertz CT molecular complexity index is 2290. The Balaban J connectivity index is 1.39. The molecule has 5 aromatic rings. The molecule has 0 aliphatic heterocycles. The van der Waals surface area contributed by atoms with Gasteiger partial charge in [0.25, 0.3) is 0 Å². The van der Waals surface area contributed by atoms with Gasteiger partial charge in [-0.25, -0.2) is 4.98 Å². The third kappa shape index (κ3) is 4.90. The SMILES string of the molecule is Bc1c(B)c(O)c(B)c(-c2ccccc2C2c3ccccc3C(c3ccccc3-n3c(CC)nc4c3C=CCC=C4)=C3C=CC=CC32)c1B. The summed E-state index contributed by atoms with van der Waals surface area (Å²) in [6.07, 6.45) is 19.7. The van der Waals surface area contributed by atoms with E-state index in [4.69, 9.17) is 4.98 Å². The number of imidazole rings is 1. The van der Waals surface area contributed by atoms with Gasteiger partial charge in [0.15, 0.2) is 0 Å². The molecule has 2 atom stereocenters. The van der Waals surface area contributed by atoms with Crippen molar-refractivity contribution in [1.29, 1.82) is 0 Å². The number of allylic oxidation sites excluding steroid dienone is 7. The van der Waals surface area contributed by atoms with Gasteiger partial charge in [0.2, 0.25) is 0 Å². The molecule has 4 aromatic carbocycles. The van der Waals surface area contributed by atoms with Crippen LogP contribution >= 0.6 is 0 Å². The standard InChI is InChI=1S/C42H38B4N2O/c1-2-34-47-31-21-4-3-5-23-33(31)48(34)32-22-13-12-20-30(32)36-26-16-8-6-14-24(26)35(25-15-7-9-17-27(25)36)28-18-10-11-19-29(28)37-38(43)40(45)41(46)42(49)39(37)44/h4-24,35,49H,2-3,43-46H2,1H3. The largest absolute Gasteiger partial charge is 0.509 e. The Hall–Kier alpha value is -5.15. The highest BCUT2D eigenvalue weighted by molar-refractivity contribution is 6.62. The maximum Gasteiger partial charge on any atom is 0.144 e. The fourth-order valence-corrected chi connectivity index (χ4v) is 8.44. The van der Waals surface area contributed by atoms with Crippen LogP contribution in [0, 0.1) is 5.92 Å². The minimum Gasteiger partial charge on any atom is -0.509 e. The highest BCUT2D eigenvalue weighted by Crippen LogP contribution is 2.52. The number of hydrogen-bond acceptors (Lipinski definition) is 2. The van der Waals surface area contributed by atoms with Crippen LogP contribution in [0.4, 0.5) is 0 Å². The fraction of sp³-hybridized carbons (Fsp3) is 0.119. The van der Waals surface area contributed by atoms with Crippen molar-refractivity contribution in [1.82, 2.24) is 9.55 Å². The van der Waals surface area contributed by atoms with Gasteiger partial charge in [0.1, 0.15) is 43.0 Å². The molecule has 1 aromatic heterocycles. The van der Waals surface area contributed by atoms with E-state index >= 15 is 0 Å². The molecule has 7 heteroatoms. The van der Waals surface area contributed by atoms with Crippen molar-refractivity contribution < 1.29 is 5.11 Å². The van der Waals surface area contributed by atoms with E-state index in [1.807, 2.05) is 7.85 Å². The van der Waals surface area contributed by atoms with Crippen LogP contribution in [0.1, 0.15) is 58.7 Å². The van der Waals surface area contributed by atoms with Crippen LogP contribution in [0.5, 0.6) is 5.75 Å². The maximum absolute atomic E-state index is 11.3. The summed E-state index contributed by atoms with van der Waals surface area (Å²) < 4.78 is 2.38. The summed E-state index contributed by atoms with van der Waals surface area (Å²) in [7, 11) is 8.41. The smallest absolute Gasteiger partial charge is 0.144 e. The Morgan fingerprint density at radius 3 is 2.18 bits per heavy atom. The Morgan fingerprint density at radius 2 is 1.41 bits per heavy atom. The van der Waals surface area contributed by atoms with Crippen molar-refractivity contribution in [3.63, 3.8) is 0 Å². The molecule has 8 rings (SSSR count). The van der Waals surface area contributed by atoms with Gasteiger partial charge < -0.3 is 5.11 Å². The molecule has 2 unspecified atom stereocenters. The molecule has 1 heterocycles. The number of fused-ring (bicyclic) bond motifs is 3. The van der Waals surface area contributed by atoms with Crippen LogP contribution in [0.15, 0.2) is 115 Å². The van der Waals surface area contributed by atoms with Crippen LogP contribution < -0.4 is 21.9 Å². The number of phenols is 1. The number of hydrogen-bond donors (Lipinski definition) is 1. The topological polar surface area (TPSA) is 38.0 Å².